The maximum Gasteiger partial charge on any atom is 0.245 e. The predicted molar refractivity (Wildman–Crippen MR) is 132 cm³/mol. The molecule has 1 aromatic carbocycles. The zero-order valence-electron chi connectivity index (χ0n) is 20.1. The first-order valence-electron chi connectivity index (χ1n) is 10.8. The minimum atomic E-state index is -0.276. The maximum atomic E-state index is 12.9. The standard InChI is InChI=1S/C24H34Cl2N4O2/c1-8-11-29(22(32)14-23(2,3)4)15-21(31)27-20-13-19(24(5,6)7)28-30(20)16-9-10-17(25)18(26)12-16/h9-10,12-13H,8,11,14-15H2,1-7H3,(H,27,31). The molecule has 0 aliphatic rings. The van der Waals surface area contributed by atoms with Crippen molar-refractivity contribution in [3.63, 3.8) is 0 Å². The summed E-state index contributed by atoms with van der Waals surface area (Å²) in [6.45, 7) is 14.7. The van der Waals surface area contributed by atoms with E-state index in [0.29, 0.717) is 34.5 Å². The van der Waals surface area contributed by atoms with Crippen LogP contribution in [-0.4, -0.2) is 39.6 Å². The number of carbonyl (C=O) groups is 2. The van der Waals surface area contributed by atoms with Crippen LogP contribution in [0.2, 0.25) is 10.0 Å². The van der Waals surface area contributed by atoms with E-state index in [-0.39, 0.29) is 29.2 Å². The van der Waals surface area contributed by atoms with Crippen molar-refractivity contribution in [1.29, 1.82) is 0 Å². The second-order valence-corrected chi connectivity index (χ2v) is 11.1. The first-order valence-corrected chi connectivity index (χ1v) is 11.6. The first kappa shape index (κ1) is 26.2. The van der Waals surface area contributed by atoms with E-state index in [1.165, 1.54) is 0 Å². The number of carbonyl (C=O) groups excluding carboxylic acids is 2. The lowest BCUT2D eigenvalue weighted by atomic mass is 9.91. The fourth-order valence-corrected chi connectivity index (χ4v) is 3.43. The van der Waals surface area contributed by atoms with Gasteiger partial charge in [0.2, 0.25) is 11.8 Å². The summed E-state index contributed by atoms with van der Waals surface area (Å²) < 4.78 is 1.64. The summed E-state index contributed by atoms with van der Waals surface area (Å²) >= 11 is 12.3. The topological polar surface area (TPSA) is 67.2 Å². The lowest BCUT2D eigenvalue weighted by Crippen LogP contribution is -2.40. The molecule has 8 heteroatoms. The van der Waals surface area contributed by atoms with Crippen LogP contribution >= 0.6 is 23.2 Å². The van der Waals surface area contributed by atoms with Crippen molar-refractivity contribution in [2.45, 2.75) is 66.7 Å². The Balaban J connectivity index is 2.31. The largest absolute Gasteiger partial charge is 0.333 e. The van der Waals surface area contributed by atoms with Gasteiger partial charge in [-0.3, -0.25) is 9.59 Å². The van der Waals surface area contributed by atoms with E-state index >= 15 is 0 Å². The van der Waals surface area contributed by atoms with Gasteiger partial charge in [-0.2, -0.15) is 5.10 Å². The Morgan fingerprint density at radius 3 is 2.25 bits per heavy atom. The average Bonchev–Trinajstić information content (AvgIpc) is 3.06. The number of hydrogen-bond acceptors (Lipinski definition) is 3. The molecular formula is C24H34Cl2N4O2. The van der Waals surface area contributed by atoms with E-state index < -0.39 is 0 Å². The lowest BCUT2D eigenvalue weighted by Gasteiger charge is -2.26. The Kier molecular flexibility index (Phi) is 8.40. The Bertz CT molecular complexity index is 971. The number of anilines is 1. The SMILES string of the molecule is CCCN(CC(=O)Nc1cc(C(C)(C)C)nn1-c1ccc(Cl)c(Cl)c1)C(=O)CC(C)(C)C. The molecule has 1 aromatic heterocycles. The van der Waals surface area contributed by atoms with Crippen LogP contribution in [0.3, 0.4) is 0 Å². The third kappa shape index (κ3) is 7.24. The van der Waals surface area contributed by atoms with E-state index in [4.69, 9.17) is 28.3 Å². The van der Waals surface area contributed by atoms with Crippen LogP contribution in [0.5, 0.6) is 0 Å². The molecule has 2 aromatic rings. The fraction of sp³-hybridized carbons (Fsp3) is 0.542. The van der Waals surface area contributed by atoms with E-state index in [9.17, 15) is 9.59 Å². The van der Waals surface area contributed by atoms with Crippen LogP contribution in [-0.2, 0) is 15.0 Å². The third-order valence-corrected chi connectivity index (χ3v) is 5.49. The molecule has 0 bridgehead atoms. The molecule has 1 heterocycles. The monoisotopic (exact) mass is 480 g/mol. The van der Waals surface area contributed by atoms with Crippen LogP contribution in [0.1, 0.15) is 67.0 Å². The van der Waals surface area contributed by atoms with E-state index in [0.717, 1.165) is 12.1 Å². The summed E-state index contributed by atoms with van der Waals surface area (Å²) in [7, 11) is 0. The molecule has 0 saturated carbocycles. The highest BCUT2D eigenvalue weighted by molar-refractivity contribution is 6.42. The van der Waals surface area contributed by atoms with Crippen LogP contribution < -0.4 is 5.32 Å². The zero-order chi connectivity index (χ0) is 24.3. The number of hydrogen-bond donors (Lipinski definition) is 1. The van der Waals surface area contributed by atoms with Crippen LogP contribution in [0, 0.1) is 5.41 Å². The highest BCUT2D eigenvalue weighted by Crippen LogP contribution is 2.29. The Morgan fingerprint density at radius 1 is 1.06 bits per heavy atom. The molecule has 2 rings (SSSR count). The van der Waals surface area contributed by atoms with Crippen molar-refractivity contribution < 1.29 is 9.59 Å². The summed E-state index contributed by atoms with van der Waals surface area (Å²) in [4.78, 5) is 27.3. The zero-order valence-corrected chi connectivity index (χ0v) is 21.6. The summed E-state index contributed by atoms with van der Waals surface area (Å²) in [6, 6.07) is 7.04. The second-order valence-electron chi connectivity index (χ2n) is 10.3. The highest BCUT2D eigenvalue weighted by atomic mass is 35.5. The Labute approximate surface area is 201 Å². The molecule has 1 N–H and O–H groups in total. The Morgan fingerprint density at radius 2 is 1.72 bits per heavy atom. The van der Waals surface area contributed by atoms with E-state index in [2.05, 4.69) is 5.32 Å². The van der Waals surface area contributed by atoms with Gasteiger partial charge in [0, 0.05) is 24.4 Å². The predicted octanol–water partition coefficient (Wildman–Crippen LogP) is 6.09. The summed E-state index contributed by atoms with van der Waals surface area (Å²) in [6.07, 6.45) is 1.16. The van der Waals surface area contributed by atoms with Crippen molar-refractivity contribution in [2.75, 3.05) is 18.4 Å². The molecule has 0 aliphatic carbocycles. The molecule has 0 spiro atoms. The summed E-state index contributed by atoms with van der Waals surface area (Å²) in [5.74, 6) is 0.211. The third-order valence-electron chi connectivity index (χ3n) is 4.76. The van der Waals surface area contributed by atoms with Crippen LogP contribution in [0.4, 0.5) is 5.82 Å². The number of benzene rings is 1. The molecule has 32 heavy (non-hydrogen) atoms. The van der Waals surface area contributed by atoms with Crippen LogP contribution in [0.15, 0.2) is 24.3 Å². The van der Waals surface area contributed by atoms with Crippen molar-refractivity contribution >= 4 is 40.8 Å². The number of amides is 2. The van der Waals surface area contributed by atoms with Gasteiger partial charge in [-0.15, -0.1) is 0 Å². The normalized spacial score (nSPS) is 12.0. The number of rotatable bonds is 7. The molecule has 0 aliphatic heterocycles. The van der Waals surface area contributed by atoms with Gasteiger partial charge in [-0.1, -0.05) is 71.7 Å². The minimum absolute atomic E-state index is 0.0137. The van der Waals surface area contributed by atoms with Crippen molar-refractivity contribution in [2.24, 2.45) is 5.41 Å². The molecule has 0 atom stereocenters. The number of halogens is 2. The summed E-state index contributed by atoms with van der Waals surface area (Å²) in [5.41, 5.74) is 1.12. The molecule has 6 nitrogen and oxygen atoms in total. The van der Waals surface area contributed by atoms with Gasteiger partial charge >= 0.3 is 0 Å². The minimum Gasteiger partial charge on any atom is -0.333 e. The van der Waals surface area contributed by atoms with Gasteiger partial charge in [0.15, 0.2) is 0 Å². The summed E-state index contributed by atoms with van der Waals surface area (Å²) in [5, 5.41) is 8.47. The lowest BCUT2D eigenvalue weighted by molar-refractivity contribution is -0.136. The van der Waals surface area contributed by atoms with Crippen molar-refractivity contribution in [1.82, 2.24) is 14.7 Å². The average molecular weight is 481 g/mol. The van der Waals surface area contributed by atoms with Gasteiger partial charge in [-0.05, 0) is 30.0 Å². The molecule has 0 radical (unpaired) electrons. The smallest absolute Gasteiger partial charge is 0.245 e. The maximum absolute atomic E-state index is 12.9. The van der Waals surface area contributed by atoms with Gasteiger partial charge < -0.3 is 10.2 Å². The Hall–Kier alpha value is -2.05. The van der Waals surface area contributed by atoms with Crippen molar-refractivity contribution in [3.8, 4) is 5.69 Å². The van der Waals surface area contributed by atoms with Crippen molar-refractivity contribution in [3.05, 3.63) is 40.0 Å². The molecule has 0 saturated heterocycles. The van der Waals surface area contributed by atoms with E-state index in [1.807, 2.05) is 54.5 Å². The molecule has 0 fully saturated rings. The quantitative estimate of drug-likeness (QED) is 0.521. The second kappa shape index (κ2) is 10.3. The van der Waals surface area contributed by atoms with Gasteiger partial charge in [0.1, 0.15) is 5.82 Å². The molecule has 0 unspecified atom stereocenters. The number of aromatic nitrogens is 2. The van der Waals surface area contributed by atoms with Gasteiger partial charge in [0.05, 0.1) is 28.0 Å². The highest BCUT2D eigenvalue weighted by Gasteiger charge is 2.25. The molecule has 2 amide bonds. The molecular weight excluding hydrogens is 447 g/mol. The van der Waals surface area contributed by atoms with E-state index in [1.54, 1.807) is 27.8 Å². The molecule has 176 valence electrons. The van der Waals surface area contributed by atoms with Gasteiger partial charge in [0.25, 0.3) is 0 Å². The fourth-order valence-electron chi connectivity index (χ4n) is 3.13. The van der Waals surface area contributed by atoms with Crippen LogP contribution in [0.25, 0.3) is 5.69 Å². The number of nitrogens with one attached hydrogen (secondary N) is 1. The van der Waals surface area contributed by atoms with Gasteiger partial charge in [-0.25, -0.2) is 4.68 Å². The first-order chi connectivity index (χ1) is 14.7. The number of nitrogens with zero attached hydrogens (tertiary/aromatic N) is 3.